The fraction of sp³-hybridized carbons (Fsp3) is 0.286. The van der Waals surface area contributed by atoms with Gasteiger partial charge in [0.15, 0.2) is 0 Å². The van der Waals surface area contributed by atoms with Gasteiger partial charge in [0.2, 0.25) is 11.8 Å². The Morgan fingerprint density at radius 2 is 1.45 bits per heavy atom. The van der Waals surface area contributed by atoms with Gasteiger partial charge in [-0.1, -0.05) is 60.7 Å². The van der Waals surface area contributed by atoms with E-state index < -0.39 is 34.5 Å². The molecule has 3 aromatic carbocycles. The van der Waals surface area contributed by atoms with Gasteiger partial charge in [0.05, 0.1) is 5.69 Å². The van der Waals surface area contributed by atoms with Gasteiger partial charge in [0.25, 0.3) is 0 Å². The third kappa shape index (κ3) is 7.39. The minimum atomic E-state index is -4.05. The summed E-state index contributed by atoms with van der Waals surface area (Å²) in [4.78, 5) is 28.6. The molecule has 0 aliphatic rings. The van der Waals surface area contributed by atoms with E-state index in [4.69, 9.17) is 0 Å². The molecule has 3 aromatic rings. The summed E-state index contributed by atoms with van der Waals surface area (Å²) in [5.41, 5.74) is 1.75. The van der Waals surface area contributed by atoms with Crippen molar-refractivity contribution in [3.8, 4) is 0 Å². The van der Waals surface area contributed by atoms with Crippen LogP contribution in [0.1, 0.15) is 18.1 Å². The number of para-hydroxylation sites is 1. The van der Waals surface area contributed by atoms with Gasteiger partial charge < -0.3 is 10.2 Å². The fourth-order valence-electron chi connectivity index (χ4n) is 3.94. The van der Waals surface area contributed by atoms with Crippen LogP contribution < -0.4 is 9.62 Å². The Bertz CT molecular complexity index is 1300. The van der Waals surface area contributed by atoms with Crippen molar-refractivity contribution in [2.75, 3.05) is 31.5 Å². The van der Waals surface area contributed by atoms with Crippen LogP contribution in [0.15, 0.2) is 84.9 Å². The number of nitrogens with zero attached hydrogens (tertiary/aromatic N) is 3. The highest BCUT2D eigenvalue weighted by Gasteiger charge is 2.34. The predicted octanol–water partition coefficient (Wildman–Crippen LogP) is 3.21. The van der Waals surface area contributed by atoms with Crippen LogP contribution in [-0.4, -0.2) is 62.7 Å². The molecule has 0 aliphatic heterocycles. The van der Waals surface area contributed by atoms with Gasteiger partial charge in [0.1, 0.15) is 18.4 Å². The maximum Gasteiger partial charge on any atom is 0.304 e. The number of halogens is 1. The highest BCUT2D eigenvalue weighted by Crippen LogP contribution is 2.21. The second-order valence-corrected chi connectivity index (χ2v) is 10.9. The van der Waals surface area contributed by atoms with Crippen molar-refractivity contribution in [3.05, 3.63) is 102 Å². The molecule has 0 bridgehead atoms. The number of anilines is 1. The SMILES string of the molecule is CCNC(=O)[C@@H](Cc1ccccc1)N(Cc1ccc(F)cc1)C(=O)CN(c1ccccc1)S(=O)(=O)N(C)C. The third-order valence-electron chi connectivity index (χ3n) is 5.95. The molecule has 0 aromatic heterocycles. The topological polar surface area (TPSA) is 90.0 Å². The molecule has 0 saturated carbocycles. The highest BCUT2D eigenvalue weighted by atomic mass is 32.2. The van der Waals surface area contributed by atoms with E-state index in [-0.39, 0.29) is 18.9 Å². The molecule has 0 aliphatic carbocycles. The molecule has 0 unspecified atom stereocenters. The lowest BCUT2D eigenvalue weighted by Crippen LogP contribution is -2.54. The van der Waals surface area contributed by atoms with Crippen molar-refractivity contribution in [1.29, 1.82) is 0 Å². The van der Waals surface area contributed by atoms with E-state index >= 15 is 0 Å². The Labute approximate surface area is 223 Å². The Hall–Kier alpha value is -3.76. The molecule has 202 valence electrons. The average molecular weight is 541 g/mol. The summed E-state index contributed by atoms with van der Waals surface area (Å²) in [6, 6.07) is 22.3. The first kappa shape index (κ1) is 28.8. The molecule has 0 spiro atoms. The number of amides is 2. The molecule has 10 heteroatoms. The van der Waals surface area contributed by atoms with Crippen molar-refractivity contribution < 1.29 is 22.4 Å². The zero-order chi connectivity index (χ0) is 27.7. The summed E-state index contributed by atoms with van der Waals surface area (Å²) in [7, 11) is -1.27. The van der Waals surface area contributed by atoms with Crippen molar-refractivity contribution in [2.24, 2.45) is 0 Å². The second kappa shape index (κ2) is 13.2. The van der Waals surface area contributed by atoms with Gasteiger partial charge in [0, 0.05) is 33.6 Å². The number of likely N-dealkylation sites (N-methyl/N-ethyl adjacent to an activating group) is 1. The lowest BCUT2D eigenvalue weighted by atomic mass is 10.0. The van der Waals surface area contributed by atoms with Gasteiger partial charge in [-0.25, -0.2) is 8.70 Å². The van der Waals surface area contributed by atoms with Crippen LogP contribution in [0.4, 0.5) is 10.1 Å². The maximum absolute atomic E-state index is 14.0. The van der Waals surface area contributed by atoms with Crippen LogP contribution >= 0.6 is 0 Å². The van der Waals surface area contributed by atoms with Gasteiger partial charge in [-0.2, -0.15) is 12.7 Å². The molecule has 1 atom stereocenters. The molecule has 2 amide bonds. The lowest BCUT2D eigenvalue weighted by molar-refractivity contribution is -0.140. The molecule has 38 heavy (non-hydrogen) atoms. The number of carbonyl (C=O) groups excluding carboxylic acids is 2. The molecule has 0 radical (unpaired) electrons. The molecule has 0 saturated heterocycles. The Morgan fingerprint density at radius 1 is 0.868 bits per heavy atom. The number of carbonyl (C=O) groups is 2. The number of hydrogen-bond acceptors (Lipinski definition) is 4. The number of hydrogen-bond donors (Lipinski definition) is 1. The average Bonchev–Trinajstić information content (AvgIpc) is 2.91. The van der Waals surface area contributed by atoms with Gasteiger partial charge in [-0.05, 0) is 42.3 Å². The fourth-order valence-corrected chi connectivity index (χ4v) is 5.00. The number of benzene rings is 3. The molecule has 8 nitrogen and oxygen atoms in total. The normalized spacial score (nSPS) is 12.1. The first-order chi connectivity index (χ1) is 18.1. The minimum absolute atomic E-state index is 0.0155. The summed E-state index contributed by atoms with van der Waals surface area (Å²) in [5.74, 6) is -1.37. The summed E-state index contributed by atoms with van der Waals surface area (Å²) in [6.07, 6.45) is 0.214. The maximum atomic E-state index is 14.0. The van der Waals surface area contributed by atoms with Crippen LogP contribution in [0.25, 0.3) is 0 Å². The molecule has 0 heterocycles. The van der Waals surface area contributed by atoms with Gasteiger partial charge >= 0.3 is 10.2 Å². The monoisotopic (exact) mass is 540 g/mol. The van der Waals surface area contributed by atoms with Crippen molar-refractivity contribution in [3.63, 3.8) is 0 Å². The quantitative estimate of drug-likeness (QED) is 0.382. The summed E-state index contributed by atoms with van der Waals surface area (Å²) >= 11 is 0. The van der Waals surface area contributed by atoms with Crippen LogP contribution in [0, 0.1) is 5.82 Å². The van der Waals surface area contributed by atoms with Gasteiger partial charge in [-0.3, -0.25) is 9.59 Å². The highest BCUT2D eigenvalue weighted by molar-refractivity contribution is 7.90. The largest absolute Gasteiger partial charge is 0.355 e. The van der Waals surface area contributed by atoms with Crippen LogP contribution in [-0.2, 0) is 32.8 Å². The lowest BCUT2D eigenvalue weighted by Gasteiger charge is -2.34. The Morgan fingerprint density at radius 3 is 2.00 bits per heavy atom. The molecule has 0 fully saturated rings. The van der Waals surface area contributed by atoms with Crippen LogP contribution in [0.5, 0.6) is 0 Å². The van der Waals surface area contributed by atoms with E-state index in [1.165, 1.54) is 31.1 Å². The predicted molar refractivity (Wildman–Crippen MR) is 146 cm³/mol. The van der Waals surface area contributed by atoms with E-state index in [9.17, 15) is 22.4 Å². The molecule has 1 N–H and O–H groups in total. The number of rotatable bonds is 12. The van der Waals surface area contributed by atoms with Crippen molar-refractivity contribution in [2.45, 2.75) is 25.9 Å². The van der Waals surface area contributed by atoms with E-state index in [0.29, 0.717) is 17.8 Å². The van der Waals surface area contributed by atoms with E-state index in [2.05, 4.69) is 5.32 Å². The van der Waals surface area contributed by atoms with E-state index in [1.54, 1.807) is 49.4 Å². The Balaban J connectivity index is 2.05. The summed E-state index contributed by atoms with van der Waals surface area (Å²) < 4.78 is 42.1. The van der Waals surface area contributed by atoms with Crippen molar-refractivity contribution >= 4 is 27.7 Å². The second-order valence-electron chi connectivity index (χ2n) is 8.88. The zero-order valence-corrected chi connectivity index (χ0v) is 22.6. The standard InChI is InChI=1S/C28H33FN4O4S/c1-4-30-28(35)26(19-22-11-7-5-8-12-22)32(20-23-15-17-24(29)18-16-23)27(34)21-33(38(36,37)31(2)3)25-13-9-6-10-14-25/h5-18,26H,4,19-21H2,1-3H3,(H,30,35)/t26-/m1/s1. The number of nitrogens with one attached hydrogen (secondary N) is 1. The molecular formula is C28H33FN4O4S. The molecule has 3 rings (SSSR count). The van der Waals surface area contributed by atoms with Crippen LogP contribution in [0.2, 0.25) is 0 Å². The van der Waals surface area contributed by atoms with Gasteiger partial charge in [-0.15, -0.1) is 0 Å². The molecular weight excluding hydrogens is 507 g/mol. The first-order valence-corrected chi connectivity index (χ1v) is 13.6. The van der Waals surface area contributed by atoms with Crippen molar-refractivity contribution in [1.82, 2.24) is 14.5 Å². The first-order valence-electron chi connectivity index (χ1n) is 12.2. The van der Waals surface area contributed by atoms with E-state index in [0.717, 1.165) is 14.2 Å². The smallest absolute Gasteiger partial charge is 0.304 e. The van der Waals surface area contributed by atoms with Crippen LogP contribution in [0.3, 0.4) is 0 Å². The Kier molecular flexibility index (Phi) is 9.98. The summed E-state index contributed by atoms with van der Waals surface area (Å²) in [6.45, 7) is 1.59. The minimum Gasteiger partial charge on any atom is -0.355 e. The zero-order valence-electron chi connectivity index (χ0n) is 21.7. The summed E-state index contributed by atoms with van der Waals surface area (Å²) in [5, 5.41) is 2.80. The third-order valence-corrected chi connectivity index (χ3v) is 7.77. The van der Waals surface area contributed by atoms with E-state index in [1.807, 2.05) is 30.3 Å².